The maximum atomic E-state index is 5.19. The van der Waals surface area contributed by atoms with Crippen molar-refractivity contribution in [2.75, 3.05) is 12.4 Å². The third-order valence-electron chi connectivity index (χ3n) is 3.29. The fourth-order valence-corrected chi connectivity index (χ4v) is 2.96. The van der Waals surface area contributed by atoms with Crippen LogP contribution in [0.1, 0.15) is 0 Å². The Morgan fingerprint density at radius 2 is 2.21 bits per heavy atom. The maximum Gasteiger partial charge on any atom is 0.211 e. The molecule has 1 fully saturated rings. The Morgan fingerprint density at radius 3 is 3.05 bits per heavy atom. The molecule has 0 amide bonds. The first-order valence-corrected chi connectivity index (χ1v) is 7.14. The lowest BCUT2D eigenvalue weighted by molar-refractivity contribution is 0.426. The highest BCUT2D eigenvalue weighted by Crippen LogP contribution is 2.26. The summed E-state index contributed by atoms with van der Waals surface area (Å²) >= 11 is 1.60. The van der Waals surface area contributed by atoms with Gasteiger partial charge in [0.1, 0.15) is 5.52 Å². The number of benzene rings is 1. The second-order valence-electron chi connectivity index (χ2n) is 4.61. The minimum atomic E-state index is 0.372. The largest absolute Gasteiger partial charge is 0.372 e. The number of aryl methyl sites for hydroxylation is 1. The van der Waals surface area contributed by atoms with Crippen molar-refractivity contribution in [2.45, 2.75) is 11.3 Å². The highest BCUT2D eigenvalue weighted by atomic mass is 32.2. The van der Waals surface area contributed by atoms with Crippen LogP contribution in [-0.2, 0) is 11.8 Å². The maximum absolute atomic E-state index is 5.19. The summed E-state index contributed by atoms with van der Waals surface area (Å²) in [4.78, 5) is 4.61. The summed E-state index contributed by atoms with van der Waals surface area (Å²) in [5, 5.41) is 10.4. The van der Waals surface area contributed by atoms with E-state index in [1.807, 2.05) is 19.2 Å². The van der Waals surface area contributed by atoms with Gasteiger partial charge >= 0.3 is 0 Å². The topological polar surface area (TPSA) is 56.1 Å². The Bertz CT molecular complexity index is 766. The Labute approximate surface area is 114 Å². The van der Waals surface area contributed by atoms with Crippen molar-refractivity contribution in [3.63, 3.8) is 0 Å². The third-order valence-corrected chi connectivity index (χ3v) is 4.26. The number of hydrogen-bond acceptors (Lipinski definition) is 5. The Kier molecular flexibility index (Phi) is 2.46. The van der Waals surface area contributed by atoms with Crippen LogP contribution in [0.3, 0.4) is 0 Å². The molecule has 96 valence electrons. The molecule has 0 aliphatic carbocycles. The molecule has 5 nitrogen and oxygen atoms in total. The van der Waals surface area contributed by atoms with Gasteiger partial charge in [-0.1, -0.05) is 30.0 Å². The molecular formula is C13H12N4OS. The molecule has 1 aliphatic heterocycles. The second-order valence-corrected chi connectivity index (χ2v) is 5.60. The molecule has 1 atom stereocenters. The second kappa shape index (κ2) is 4.18. The fourth-order valence-electron chi connectivity index (χ4n) is 2.18. The number of fused-ring (bicyclic) bond motifs is 3. The molecule has 6 heteroatoms. The van der Waals surface area contributed by atoms with Gasteiger partial charge in [-0.25, -0.2) is 4.98 Å². The summed E-state index contributed by atoms with van der Waals surface area (Å²) < 4.78 is 7.25. The highest BCUT2D eigenvalue weighted by molar-refractivity contribution is 7.99. The van der Waals surface area contributed by atoms with Crippen molar-refractivity contribution < 1.29 is 4.74 Å². The van der Waals surface area contributed by atoms with Crippen LogP contribution in [0, 0.1) is 0 Å². The number of aromatic nitrogens is 4. The Morgan fingerprint density at radius 1 is 1.37 bits per heavy atom. The molecule has 1 aromatic carbocycles. The molecule has 0 spiro atoms. The molecule has 19 heavy (non-hydrogen) atoms. The molecule has 0 saturated carbocycles. The van der Waals surface area contributed by atoms with Crippen molar-refractivity contribution in [3.05, 3.63) is 24.3 Å². The van der Waals surface area contributed by atoms with Gasteiger partial charge in [-0.15, -0.1) is 10.2 Å². The van der Waals surface area contributed by atoms with Crippen LogP contribution >= 0.6 is 11.8 Å². The van der Waals surface area contributed by atoms with Gasteiger partial charge in [0, 0.05) is 18.2 Å². The molecule has 0 N–H and O–H groups in total. The quantitative estimate of drug-likeness (QED) is 0.539. The first kappa shape index (κ1) is 11.2. The molecule has 2 aromatic heterocycles. The van der Waals surface area contributed by atoms with Gasteiger partial charge in [0.15, 0.2) is 5.65 Å². The standard InChI is InChI=1S/C13H12N4OS/c1-17-10-5-3-2-4-9(10)11-12(17)14-13(16-15-11)19-7-8-6-18-8/h2-5,8H,6-7H2,1H3/t8-/m0/s1. The number of ether oxygens (including phenoxy) is 1. The van der Waals surface area contributed by atoms with Crippen LogP contribution < -0.4 is 0 Å². The molecule has 1 saturated heterocycles. The minimum absolute atomic E-state index is 0.372. The van der Waals surface area contributed by atoms with E-state index in [4.69, 9.17) is 4.74 Å². The highest BCUT2D eigenvalue weighted by Gasteiger charge is 2.23. The number of thioether (sulfide) groups is 1. The average molecular weight is 272 g/mol. The van der Waals surface area contributed by atoms with Crippen molar-refractivity contribution in [2.24, 2.45) is 7.05 Å². The molecule has 3 heterocycles. The molecule has 0 unspecified atom stereocenters. The van der Waals surface area contributed by atoms with Gasteiger partial charge in [0.2, 0.25) is 5.16 Å². The van der Waals surface area contributed by atoms with Crippen molar-refractivity contribution >= 4 is 33.8 Å². The summed E-state index contributed by atoms with van der Waals surface area (Å²) in [5.41, 5.74) is 2.88. The normalized spacial score (nSPS) is 18.3. The molecule has 3 aromatic rings. The van der Waals surface area contributed by atoms with Crippen LogP contribution in [0.4, 0.5) is 0 Å². The van der Waals surface area contributed by atoms with Crippen LogP contribution in [0.15, 0.2) is 29.4 Å². The lowest BCUT2D eigenvalue weighted by Gasteiger charge is -1.98. The number of rotatable bonds is 3. The number of epoxide rings is 1. The average Bonchev–Trinajstić information content (AvgIpc) is 3.24. The zero-order chi connectivity index (χ0) is 12.8. The van der Waals surface area contributed by atoms with E-state index in [0.29, 0.717) is 11.3 Å². The minimum Gasteiger partial charge on any atom is -0.372 e. The van der Waals surface area contributed by atoms with Crippen LogP contribution in [0.25, 0.3) is 22.1 Å². The number of para-hydroxylation sites is 1. The fraction of sp³-hybridized carbons (Fsp3) is 0.308. The van der Waals surface area contributed by atoms with Gasteiger partial charge in [-0.2, -0.15) is 0 Å². The molecule has 0 radical (unpaired) electrons. The van der Waals surface area contributed by atoms with E-state index in [0.717, 1.165) is 34.4 Å². The van der Waals surface area contributed by atoms with E-state index in [-0.39, 0.29) is 0 Å². The van der Waals surface area contributed by atoms with E-state index < -0.39 is 0 Å². The summed E-state index contributed by atoms with van der Waals surface area (Å²) in [6.07, 6.45) is 0.372. The predicted octanol–water partition coefficient (Wildman–Crippen LogP) is 2.01. The van der Waals surface area contributed by atoms with Crippen molar-refractivity contribution in [3.8, 4) is 0 Å². The Hall–Kier alpha value is -1.66. The SMILES string of the molecule is Cn1c2ccccc2c2nnc(SC[C@@H]3CO3)nc21. The third kappa shape index (κ3) is 1.87. The monoisotopic (exact) mass is 272 g/mol. The molecular weight excluding hydrogens is 260 g/mol. The zero-order valence-corrected chi connectivity index (χ0v) is 11.2. The van der Waals surface area contributed by atoms with E-state index >= 15 is 0 Å². The summed E-state index contributed by atoms with van der Waals surface area (Å²) in [6.45, 7) is 0.858. The van der Waals surface area contributed by atoms with Crippen molar-refractivity contribution in [1.82, 2.24) is 19.7 Å². The smallest absolute Gasteiger partial charge is 0.211 e. The van der Waals surface area contributed by atoms with E-state index in [2.05, 4.69) is 31.9 Å². The molecule has 4 rings (SSSR count). The lowest BCUT2D eigenvalue weighted by atomic mass is 10.2. The first-order valence-electron chi connectivity index (χ1n) is 6.15. The number of nitrogens with zero attached hydrogens (tertiary/aromatic N) is 4. The predicted molar refractivity (Wildman–Crippen MR) is 74.3 cm³/mol. The van der Waals surface area contributed by atoms with E-state index in [1.165, 1.54) is 0 Å². The molecule has 1 aliphatic rings. The molecule has 0 bridgehead atoms. The zero-order valence-electron chi connectivity index (χ0n) is 10.4. The first-order chi connectivity index (χ1) is 9.33. The van der Waals surface area contributed by atoms with Gasteiger partial charge in [-0.05, 0) is 6.07 Å². The lowest BCUT2D eigenvalue weighted by Crippen LogP contribution is -1.97. The van der Waals surface area contributed by atoms with Gasteiger partial charge in [-0.3, -0.25) is 0 Å². The van der Waals surface area contributed by atoms with Crippen LogP contribution in [0.2, 0.25) is 0 Å². The van der Waals surface area contributed by atoms with Crippen molar-refractivity contribution in [1.29, 1.82) is 0 Å². The van der Waals surface area contributed by atoms with Gasteiger partial charge < -0.3 is 9.30 Å². The van der Waals surface area contributed by atoms with Crippen LogP contribution in [-0.4, -0.2) is 38.2 Å². The van der Waals surface area contributed by atoms with E-state index in [9.17, 15) is 0 Å². The van der Waals surface area contributed by atoms with Gasteiger partial charge in [0.25, 0.3) is 0 Å². The van der Waals surface area contributed by atoms with E-state index in [1.54, 1.807) is 11.8 Å². The number of hydrogen-bond donors (Lipinski definition) is 0. The summed E-state index contributed by atoms with van der Waals surface area (Å²) in [5.74, 6) is 0.900. The Balaban J connectivity index is 1.83. The van der Waals surface area contributed by atoms with Crippen LogP contribution in [0.5, 0.6) is 0 Å². The summed E-state index contributed by atoms with van der Waals surface area (Å²) in [6, 6.07) is 8.16. The summed E-state index contributed by atoms with van der Waals surface area (Å²) in [7, 11) is 2.01. The van der Waals surface area contributed by atoms with Gasteiger partial charge in [0.05, 0.1) is 18.2 Å².